The summed E-state index contributed by atoms with van der Waals surface area (Å²) in [5.41, 5.74) is 2.64. The highest BCUT2D eigenvalue weighted by molar-refractivity contribution is 6.05. The number of pyridine rings is 1. The molecule has 2 amide bonds. The number of aromatic nitrogens is 1. The number of nitrogens with zero attached hydrogens (tertiary/aromatic N) is 2. The van der Waals surface area contributed by atoms with E-state index in [1.807, 2.05) is 24.3 Å². The van der Waals surface area contributed by atoms with E-state index in [1.165, 1.54) is 17.8 Å². The van der Waals surface area contributed by atoms with Crippen molar-refractivity contribution in [3.63, 3.8) is 0 Å². The number of benzene rings is 1. The van der Waals surface area contributed by atoms with Gasteiger partial charge in [-0.3, -0.25) is 14.6 Å². The first-order valence-electron chi connectivity index (χ1n) is 9.09. The lowest BCUT2D eigenvalue weighted by Crippen LogP contribution is -2.41. The van der Waals surface area contributed by atoms with Crippen LogP contribution in [0, 0.1) is 0 Å². The molecule has 1 aliphatic heterocycles. The predicted molar refractivity (Wildman–Crippen MR) is 104 cm³/mol. The number of carbonyl (C=O) groups is 2. The number of morpholine rings is 1. The molecule has 1 aliphatic rings. The van der Waals surface area contributed by atoms with E-state index >= 15 is 0 Å². The molecule has 0 unspecified atom stereocenters. The Morgan fingerprint density at radius 3 is 2.37 bits per heavy atom. The Kier molecular flexibility index (Phi) is 5.56. The van der Waals surface area contributed by atoms with Crippen LogP contribution in [0.25, 0.3) is 0 Å². The van der Waals surface area contributed by atoms with Crippen LogP contribution in [0.4, 0.5) is 5.69 Å². The fraction of sp³-hybridized carbons (Fsp3) is 0.381. The average Bonchev–Trinajstić information content (AvgIpc) is 2.68. The van der Waals surface area contributed by atoms with E-state index in [2.05, 4.69) is 31.1 Å². The Labute approximate surface area is 159 Å². The van der Waals surface area contributed by atoms with Gasteiger partial charge in [-0.05, 0) is 35.2 Å². The van der Waals surface area contributed by atoms with Crippen molar-refractivity contribution in [2.24, 2.45) is 0 Å². The molecule has 0 bridgehead atoms. The zero-order valence-corrected chi connectivity index (χ0v) is 16.0. The topological polar surface area (TPSA) is 71.5 Å². The van der Waals surface area contributed by atoms with Crippen molar-refractivity contribution in [2.75, 3.05) is 31.6 Å². The van der Waals surface area contributed by atoms with Crippen molar-refractivity contribution < 1.29 is 14.3 Å². The molecule has 6 nitrogen and oxygen atoms in total. The maximum absolute atomic E-state index is 12.6. The Balaban J connectivity index is 1.70. The van der Waals surface area contributed by atoms with Gasteiger partial charge in [-0.25, -0.2) is 0 Å². The van der Waals surface area contributed by atoms with Gasteiger partial charge in [-0.1, -0.05) is 32.9 Å². The summed E-state index contributed by atoms with van der Waals surface area (Å²) >= 11 is 0. The summed E-state index contributed by atoms with van der Waals surface area (Å²) < 4.78 is 5.26. The highest BCUT2D eigenvalue weighted by Gasteiger charge is 2.21. The lowest BCUT2D eigenvalue weighted by molar-refractivity contribution is 0.0299. The van der Waals surface area contributed by atoms with Crippen LogP contribution in [-0.4, -0.2) is 48.0 Å². The third kappa shape index (κ3) is 4.71. The van der Waals surface area contributed by atoms with Gasteiger partial charge in [0.1, 0.15) is 5.69 Å². The molecule has 0 saturated carbocycles. The van der Waals surface area contributed by atoms with Gasteiger partial charge in [0.05, 0.1) is 13.2 Å². The van der Waals surface area contributed by atoms with Gasteiger partial charge in [0.25, 0.3) is 11.8 Å². The second-order valence-corrected chi connectivity index (χ2v) is 7.62. The molecule has 0 radical (unpaired) electrons. The normalized spacial score (nSPS) is 14.7. The summed E-state index contributed by atoms with van der Waals surface area (Å²) in [7, 11) is 0. The number of anilines is 1. The van der Waals surface area contributed by atoms with E-state index in [4.69, 9.17) is 4.74 Å². The van der Waals surface area contributed by atoms with Crippen LogP contribution < -0.4 is 5.32 Å². The van der Waals surface area contributed by atoms with Gasteiger partial charge in [0.2, 0.25) is 0 Å². The van der Waals surface area contributed by atoms with Crippen LogP contribution in [0.3, 0.4) is 0 Å². The molecule has 142 valence electrons. The molecule has 2 aromatic rings. The molecule has 3 rings (SSSR count). The van der Waals surface area contributed by atoms with Crippen molar-refractivity contribution in [3.8, 4) is 0 Å². The Morgan fingerprint density at radius 1 is 1.07 bits per heavy atom. The zero-order chi connectivity index (χ0) is 19.4. The maximum atomic E-state index is 12.6. The third-order valence-electron chi connectivity index (χ3n) is 4.55. The first kappa shape index (κ1) is 19.0. The van der Waals surface area contributed by atoms with Gasteiger partial charge < -0.3 is 15.0 Å². The smallest absolute Gasteiger partial charge is 0.272 e. The summed E-state index contributed by atoms with van der Waals surface area (Å²) in [4.78, 5) is 30.9. The Morgan fingerprint density at radius 2 is 1.74 bits per heavy atom. The maximum Gasteiger partial charge on any atom is 0.272 e. The van der Waals surface area contributed by atoms with E-state index in [9.17, 15) is 9.59 Å². The SMILES string of the molecule is CC(C)(C)c1ccc(NC(=O)c2ccnc(C(=O)N3CCOCC3)c2)cc1. The van der Waals surface area contributed by atoms with E-state index in [-0.39, 0.29) is 22.9 Å². The molecule has 1 saturated heterocycles. The predicted octanol–water partition coefficient (Wildman–Crippen LogP) is 3.10. The molecular formula is C21H25N3O3. The Hall–Kier alpha value is -2.73. The van der Waals surface area contributed by atoms with Gasteiger partial charge >= 0.3 is 0 Å². The quantitative estimate of drug-likeness (QED) is 0.905. The largest absolute Gasteiger partial charge is 0.378 e. The number of rotatable bonds is 3. The summed E-state index contributed by atoms with van der Waals surface area (Å²) in [6.07, 6.45) is 1.49. The molecule has 1 fully saturated rings. The van der Waals surface area contributed by atoms with Gasteiger partial charge in [0.15, 0.2) is 0 Å². The van der Waals surface area contributed by atoms with Crippen molar-refractivity contribution in [2.45, 2.75) is 26.2 Å². The van der Waals surface area contributed by atoms with Crippen molar-refractivity contribution in [1.29, 1.82) is 0 Å². The molecule has 1 aromatic heterocycles. The van der Waals surface area contributed by atoms with E-state index in [0.717, 1.165) is 0 Å². The van der Waals surface area contributed by atoms with Crippen molar-refractivity contribution >= 4 is 17.5 Å². The highest BCUT2D eigenvalue weighted by Crippen LogP contribution is 2.23. The van der Waals surface area contributed by atoms with E-state index in [0.29, 0.717) is 37.6 Å². The molecule has 0 aliphatic carbocycles. The molecule has 1 aromatic carbocycles. The first-order chi connectivity index (χ1) is 12.8. The van der Waals surface area contributed by atoms with Gasteiger partial charge in [0, 0.05) is 30.5 Å². The van der Waals surface area contributed by atoms with Crippen LogP contribution in [0.15, 0.2) is 42.6 Å². The molecule has 2 heterocycles. The summed E-state index contributed by atoms with van der Waals surface area (Å²) in [5.74, 6) is -0.445. The first-order valence-corrected chi connectivity index (χ1v) is 9.09. The molecule has 27 heavy (non-hydrogen) atoms. The molecule has 6 heteroatoms. The minimum absolute atomic E-state index is 0.0579. The summed E-state index contributed by atoms with van der Waals surface area (Å²) in [6.45, 7) is 8.56. The number of hydrogen-bond donors (Lipinski definition) is 1. The van der Waals surface area contributed by atoms with Crippen LogP contribution in [0.1, 0.15) is 47.2 Å². The molecular weight excluding hydrogens is 342 g/mol. The second-order valence-electron chi connectivity index (χ2n) is 7.62. The summed E-state index contributed by atoms with van der Waals surface area (Å²) in [6, 6.07) is 10.9. The monoisotopic (exact) mass is 367 g/mol. The van der Waals surface area contributed by atoms with Gasteiger partial charge in [-0.15, -0.1) is 0 Å². The lowest BCUT2D eigenvalue weighted by Gasteiger charge is -2.26. The van der Waals surface area contributed by atoms with Crippen LogP contribution in [-0.2, 0) is 10.2 Å². The number of amides is 2. The second kappa shape index (κ2) is 7.88. The number of carbonyl (C=O) groups excluding carboxylic acids is 2. The van der Waals surface area contributed by atoms with E-state index in [1.54, 1.807) is 11.0 Å². The molecule has 0 spiro atoms. The Bertz CT molecular complexity index is 819. The van der Waals surface area contributed by atoms with Crippen LogP contribution in [0.5, 0.6) is 0 Å². The van der Waals surface area contributed by atoms with Crippen LogP contribution >= 0.6 is 0 Å². The van der Waals surface area contributed by atoms with Gasteiger partial charge in [-0.2, -0.15) is 0 Å². The van der Waals surface area contributed by atoms with Crippen molar-refractivity contribution in [3.05, 3.63) is 59.4 Å². The molecule has 1 N–H and O–H groups in total. The zero-order valence-electron chi connectivity index (χ0n) is 16.0. The standard InChI is InChI=1S/C21H25N3O3/c1-21(2,3)16-4-6-17(7-5-16)23-19(25)15-8-9-22-18(14-15)20(26)24-10-12-27-13-11-24/h4-9,14H,10-13H2,1-3H3,(H,23,25). The lowest BCUT2D eigenvalue weighted by atomic mass is 9.87. The summed E-state index contributed by atoms with van der Waals surface area (Å²) in [5, 5.41) is 2.87. The van der Waals surface area contributed by atoms with Crippen LogP contribution in [0.2, 0.25) is 0 Å². The third-order valence-corrected chi connectivity index (χ3v) is 4.55. The highest BCUT2D eigenvalue weighted by atomic mass is 16.5. The average molecular weight is 367 g/mol. The fourth-order valence-electron chi connectivity index (χ4n) is 2.87. The molecule has 0 atom stereocenters. The number of hydrogen-bond acceptors (Lipinski definition) is 4. The minimum atomic E-state index is -0.267. The number of ether oxygens (including phenoxy) is 1. The van der Waals surface area contributed by atoms with Crippen molar-refractivity contribution in [1.82, 2.24) is 9.88 Å². The fourth-order valence-corrected chi connectivity index (χ4v) is 2.87. The van der Waals surface area contributed by atoms with E-state index < -0.39 is 0 Å². The number of nitrogens with one attached hydrogen (secondary N) is 1. The minimum Gasteiger partial charge on any atom is -0.378 e.